The molecule has 0 unspecified atom stereocenters. The zero-order valence-corrected chi connectivity index (χ0v) is 21.1. The minimum Gasteiger partial charge on any atom is -0.371 e. The van der Waals surface area contributed by atoms with Gasteiger partial charge in [-0.2, -0.15) is 0 Å². The number of rotatable bonds is 14. The summed E-state index contributed by atoms with van der Waals surface area (Å²) in [7, 11) is 0. The molecule has 5 nitrogen and oxygen atoms in total. The van der Waals surface area contributed by atoms with Gasteiger partial charge in [0.25, 0.3) is 0 Å². The van der Waals surface area contributed by atoms with E-state index in [1.165, 1.54) is 18.3 Å². The molecule has 0 aromatic carbocycles. The Balaban J connectivity index is 3.19. The molecule has 0 aliphatic heterocycles. The van der Waals surface area contributed by atoms with Crippen LogP contribution in [0.3, 0.4) is 0 Å². The molecule has 1 amide bonds. The van der Waals surface area contributed by atoms with E-state index in [4.69, 9.17) is 4.74 Å². The molecule has 0 saturated carbocycles. The molecule has 0 N–H and O–H groups in total. The van der Waals surface area contributed by atoms with Gasteiger partial charge in [0.15, 0.2) is 5.78 Å². The highest BCUT2D eigenvalue weighted by Crippen LogP contribution is 2.32. The normalized spacial score (nSPS) is 15.6. The van der Waals surface area contributed by atoms with E-state index in [2.05, 4.69) is 58.4 Å². The summed E-state index contributed by atoms with van der Waals surface area (Å²) in [5.41, 5.74) is 0.494. The van der Waals surface area contributed by atoms with Gasteiger partial charge < -0.3 is 9.64 Å². The van der Waals surface area contributed by atoms with Crippen molar-refractivity contribution in [2.45, 2.75) is 93.2 Å². The molecule has 1 rings (SSSR count). The Kier molecular flexibility index (Phi) is 11.8. The molecule has 172 valence electrons. The van der Waals surface area contributed by atoms with Crippen LogP contribution in [0.1, 0.15) is 103 Å². The predicted octanol–water partition coefficient (Wildman–Crippen LogP) is 6.15. The minimum atomic E-state index is -0.207. The molecule has 0 radical (unpaired) electrons. The minimum absolute atomic E-state index is 0.00184. The molecule has 0 aliphatic rings. The fourth-order valence-electron chi connectivity index (χ4n) is 3.61. The topological polar surface area (TPSA) is 59.5 Å². The SMILES string of the molecule is CCCO[C@H](C[C@H](C(C)C)N(CCC)C(=O)[C@@H](C)[C@@H](C)CC)c1nc(C(C)=O)cs1. The van der Waals surface area contributed by atoms with E-state index in [1.807, 2.05) is 5.38 Å². The number of thiazole rings is 1. The van der Waals surface area contributed by atoms with Crippen LogP contribution >= 0.6 is 11.3 Å². The number of carbonyl (C=O) groups is 2. The van der Waals surface area contributed by atoms with Gasteiger partial charge in [0.2, 0.25) is 5.91 Å². The Labute approximate surface area is 187 Å². The van der Waals surface area contributed by atoms with E-state index in [0.29, 0.717) is 30.6 Å². The van der Waals surface area contributed by atoms with E-state index in [-0.39, 0.29) is 29.8 Å². The van der Waals surface area contributed by atoms with Crippen molar-refractivity contribution >= 4 is 23.0 Å². The maximum atomic E-state index is 13.4. The summed E-state index contributed by atoms with van der Waals surface area (Å²) in [6.07, 6.45) is 3.32. The second kappa shape index (κ2) is 13.2. The average Bonchev–Trinajstić information content (AvgIpc) is 3.21. The molecule has 4 atom stereocenters. The number of ketones is 1. The van der Waals surface area contributed by atoms with Crippen molar-refractivity contribution in [1.29, 1.82) is 0 Å². The zero-order valence-electron chi connectivity index (χ0n) is 20.2. The standard InChI is InChI=1S/C24H42N2O3S/c1-9-12-26(24(28)18(7)17(6)11-3)21(16(4)5)14-22(29-13-10-2)23-25-20(15-30-23)19(8)27/h15-18,21-22H,9-14H2,1-8H3/t17-,18-,21+,22+/m0/s1. The molecular weight excluding hydrogens is 396 g/mol. The molecular formula is C24H42N2O3S. The van der Waals surface area contributed by atoms with Crippen molar-refractivity contribution in [2.75, 3.05) is 13.2 Å². The molecule has 1 aromatic heterocycles. The van der Waals surface area contributed by atoms with E-state index >= 15 is 0 Å². The maximum absolute atomic E-state index is 13.4. The lowest BCUT2D eigenvalue weighted by Crippen LogP contribution is -2.47. The average molecular weight is 439 g/mol. The van der Waals surface area contributed by atoms with Crippen LogP contribution in [0.5, 0.6) is 0 Å². The summed E-state index contributed by atoms with van der Waals surface area (Å²) in [6.45, 7) is 17.8. The molecule has 0 spiro atoms. The van der Waals surface area contributed by atoms with Gasteiger partial charge >= 0.3 is 0 Å². The fraction of sp³-hybridized carbons (Fsp3) is 0.792. The van der Waals surface area contributed by atoms with Gasteiger partial charge in [0.05, 0.1) is 0 Å². The van der Waals surface area contributed by atoms with Crippen molar-refractivity contribution < 1.29 is 14.3 Å². The first kappa shape index (κ1) is 26.8. The van der Waals surface area contributed by atoms with Crippen LogP contribution in [-0.2, 0) is 9.53 Å². The van der Waals surface area contributed by atoms with E-state index in [1.54, 1.807) is 0 Å². The van der Waals surface area contributed by atoms with Gasteiger partial charge in [-0.25, -0.2) is 4.98 Å². The van der Waals surface area contributed by atoms with Crippen molar-refractivity contribution in [3.05, 3.63) is 16.1 Å². The number of nitrogens with zero attached hydrogens (tertiary/aromatic N) is 2. The first-order chi connectivity index (χ1) is 14.2. The quantitative estimate of drug-likeness (QED) is 0.327. The third-order valence-electron chi connectivity index (χ3n) is 5.94. The molecule has 0 aliphatic carbocycles. The van der Waals surface area contributed by atoms with Crippen LogP contribution in [-0.4, -0.2) is 40.8 Å². The summed E-state index contributed by atoms with van der Waals surface area (Å²) < 4.78 is 6.19. The van der Waals surface area contributed by atoms with Crippen LogP contribution in [0.15, 0.2) is 5.38 Å². The number of hydrogen-bond donors (Lipinski definition) is 0. The van der Waals surface area contributed by atoms with E-state index in [0.717, 1.165) is 30.8 Å². The summed E-state index contributed by atoms with van der Waals surface area (Å²) >= 11 is 1.48. The fourth-order valence-corrected chi connectivity index (χ4v) is 4.53. The Morgan fingerprint density at radius 3 is 2.27 bits per heavy atom. The lowest BCUT2D eigenvalue weighted by Gasteiger charge is -2.38. The summed E-state index contributed by atoms with van der Waals surface area (Å²) in [5.74, 6) is 0.862. The lowest BCUT2D eigenvalue weighted by atomic mass is 9.89. The summed E-state index contributed by atoms with van der Waals surface area (Å²) in [4.78, 5) is 31.8. The van der Waals surface area contributed by atoms with Crippen LogP contribution < -0.4 is 0 Å². The Morgan fingerprint density at radius 2 is 1.80 bits per heavy atom. The molecule has 0 bridgehead atoms. The smallest absolute Gasteiger partial charge is 0.225 e. The lowest BCUT2D eigenvalue weighted by molar-refractivity contribution is -0.141. The Bertz CT molecular complexity index is 659. The van der Waals surface area contributed by atoms with E-state index in [9.17, 15) is 9.59 Å². The largest absolute Gasteiger partial charge is 0.371 e. The summed E-state index contributed by atoms with van der Waals surface area (Å²) in [5, 5.41) is 2.64. The van der Waals surface area contributed by atoms with Crippen molar-refractivity contribution in [3.63, 3.8) is 0 Å². The molecule has 0 saturated heterocycles. The van der Waals surface area contributed by atoms with Crippen molar-refractivity contribution in [1.82, 2.24) is 9.88 Å². The summed E-state index contributed by atoms with van der Waals surface area (Å²) in [6, 6.07) is 0.0653. The molecule has 1 heterocycles. The monoisotopic (exact) mass is 438 g/mol. The van der Waals surface area contributed by atoms with Crippen molar-refractivity contribution in [3.8, 4) is 0 Å². The number of amides is 1. The number of Topliss-reactive ketones (excluding diaryl/α,β-unsaturated/α-hetero) is 1. The van der Waals surface area contributed by atoms with Gasteiger partial charge in [-0.1, -0.05) is 54.9 Å². The first-order valence-electron chi connectivity index (χ1n) is 11.6. The third kappa shape index (κ3) is 7.45. The van der Waals surface area contributed by atoms with Crippen LogP contribution in [0.25, 0.3) is 0 Å². The van der Waals surface area contributed by atoms with Gasteiger partial charge in [0.1, 0.15) is 16.8 Å². The third-order valence-corrected chi connectivity index (χ3v) is 6.88. The van der Waals surface area contributed by atoms with Crippen molar-refractivity contribution in [2.24, 2.45) is 17.8 Å². The molecule has 30 heavy (non-hydrogen) atoms. The van der Waals surface area contributed by atoms with Crippen LogP contribution in [0, 0.1) is 17.8 Å². The number of ether oxygens (including phenoxy) is 1. The molecule has 1 aromatic rings. The highest BCUT2D eigenvalue weighted by Gasteiger charge is 2.33. The van der Waals surface area contributed by atoms with Crippen LogP contribution in [0.4, 0.5) is 0 Å². The highest BCUT2D eigenvalue weighted by molar-refractivity contribution is 7.09. The number of aromatic nitrogens is 1. The van der Waals surface area contributed by atoms with Gasteiger partial charge in [0, 0.05) is 43.8 Å². The second-order valence-electron chi connectivity index (χ2n) is 8.74. The second-order valence-corrected chi connectivity index (χ2v) is 9.63. The maximum Gasteiger partial charge on any atom is 0.225 e. The number of carbonyl (C=O) groups excluding carboxylic acids is 2. The molecule has 6 heteroatoms. The van der Waals surface area contributed by atoms with Gasteiger partial charge in [-0.3, -0.25) is 9.59 Å². The highest BCUT2D eigenvalue weighted by atomic mass is 32.1. The predicted molar refractivity (Wildman–Crippen MR) is 125 cm³/mol. The zero-order chi connectivity index (χ0) is 22.8. The van der Waals surface area contributed by atoms with Gasteiger partial charge in [-0.15, -0.1) is 11.3 Å². The number of hydrogen-bond acceptors (Lipinski definition) is 5. The van der Waals surface area contributed by atoms with Crippen LogP contribution in [0.2, 0.25) is 0 Å². The first-order valence-corrected chi connectivity index (χ1v) is 12.4. The Hall–Kier alpha value is -1.27. The molecule has 0 fully saturated rings. The van der Waals surface area contributed by atoms with E-state index < -0.39 is 0 Å². The Morgan fingerprint density at radius 1 is 1.13 bits per heavy atom. The van der Waals surface area contributed by atoms with Gasteiger partial charge in [-0.05, 0) is 24.7 Å².